The Balaban J connectivity index is 1.25. The summed E-state index contributed by atoms with van der Waals surface area (Å²) in [6.45, 7) is 2.26. The third-order valence-corrected chi connectivity index (χ3v) is 5.90. The molecule has 5 rings (SSSR count). The van der Waals surface area contributed by atoms with Gasteiger partial charge in [-0.3, -0.25) is 4.68 Å². The highest BCUT2D eigenvalue weighted by Crippen LogP contribution is 2.32. The van der Waals surface area contributed by atoms with Gasteiger partial charge in [0.15, 0.2) is 5.82 Å². The third-order valence-electron chi connectivity index (χ3n) is 5.90. The average Bonchev–Trinajstić information content (AvgIpc) is 3.43. The summed E-state index contributed by atoms with van der Waals surface area (Å²) in [6, 6.07) is 4.98. The van der Waals surface area contributed by atoms with E-state index < -0.39 is 23.8 Å². The van der Waals surface area contributed by atoms with Gasteiger partial charge in [-0.25, -0.2) is 19.2 Å². The lowest BCUT2D eigenvalue weighted by Crippen LogP contribution is -2.59. The van der Waals surface area contributed by atoms with E-state index in [1.807, 2.05) is 13.0 Å². The fourth-order valence-electron chi connectivity index (χ4n) is 4.13. The van der Waals surface area contributed by atoms with Crippen molar-refractivity contribution in [1.29, 1.82) is 5.26 Å². The number of nitrogens with zero attached hydrogens (tertiary/aromatic N) is 8. The number of hydrogen-bond donors (Lipinski definition) is 0. The Labute approximate surface area is 199 Å². The smallest absolute Gasteiger partial charge is 0.341 e. The van der Waals surface area contributed by atoms with E-state index in [2.05, 4.69) is 20.2 Å². The van der Waals surface area contributed by atoms with Crippen molar-refractivity contribution in [2.45, 2.75) is 25.5 Å². The zero-order valence-electron chi connectivity index (χ0n) is 18.9. The van der Waals surface area contributed by atoms with Gasteiger partial charge in [0.25, 0.3) is 5.88 Å². The molecule has 0 spiro atoms. The van der Waals surface area contributed by atoms with Crippen LogP contribution in [0.1, 0.15) is 29.2 Å². The van der Waals surface area contributed by atoms with E-state index in [1.54, 1.807) is 30.2 Å². The molecule has 2 aliphatic rings. The minimum atomic E-state index is -0.707. The van der Waals surface area contributed by atoms with Crippen LogP contribution < -0.4 is 4.74 Å². The molecule has 0 N–H and O–H groups in total. The lowest BCUT2D eigenvalue weighted by molar-refractivity contribution is 0.0230. The number of hydrogen-bond acceptors (Lipinski definition) is 7. The average molecular weight is 478 g/mol. The summed E-state index contributed by atoms with van der Waals surface area (Å²) in [5.41, 5.74) is 2.15. The highest BCUT2D eigenvalue weighted by atomic mass is 19.1. The van der Waals surface area contributed by atoms with Gasteiger partial charge in [0.05, 0.1) is 43.2 Å². The number of aryl methyl sites for hydroxylation is 2. The lowest BCUT2D eigenvalue weighted by atomic mass is 10.0. The van der Waals surface area contributed by atoms with Crippen molar-refractivity contribution in [1.82, 2.24) is 29.7 Å². The SMILES string of the molecule is Cc1cnn(C)c1-c1ncc(F)c(OC2CN(C(=O)N3N=CC[C@H]3c3cc(F)cc(C#N)c3)C2)n1. The maximum absolute atomic E-state index is 14.3. The van der Waals surface area contributed by atoms with Crippen molar-refractivity contribution < 1.29 is 18.3 Å². The molecule has 0 radical (unpaired) electrons. The topological polar surface area (TPSA) is 113 Å². The number of carbonyl (C=O) groups excluding carboxylic acids is 1. The van der Waals surface area contributed by atoms with Crippen molar-refractivity contribution in [3.05, 3.63) is 58.9 Å². The molecule has 2 aliphatic heterocycles. The molecule has 1 saturated heterocycles. The minimum Gasteiger partial charge on any atom is -0.468 e. The normalized spacial score (nSPS) is 17.4. The number of rotatable bonds is 4. The Morgan fingerprint density at radius 1 is 1.23 bits per heavy atom. The van der Waals surface area contributed by atoms with Gasteiger partial charge in [-0.15, -0.1) is 0 Å². The largest absolute Gasteiger partial charge is 0.468 e. The number of ether oxygens (including phenoxy) is 1. The quantitative estimate of drug-likeness (QED) is 0.570. The van der Waals surface area contributed by atoms with Gasteiger partial charge < -0.3 is 9.64 Å². The highest BCUT2D eigenvalue weighted by molar-refractivity contribution is 5.79. The van der Waals surface area contributed by atoms with Crippen LogP contribution in [0.3, 0.4) is 0 Å². The van der Waals surface area contributed by atoms with Gasteiger partial charge in [-0.2, -0.15) is 24.8 Å². The summed E-state index contributed by atoms with van der Waals surface area (Å²) in [5, 5.41) is 18.7. The van der Waals surface area contributed by atoms with Crippen molar-refractivity contribution in [3.8, 4) is 23.5 Å². The van der Waals surface area contributed by atoms with E-state index >= 15 is 0 Å². The van der Waals surface area contributed by atoms with E-state index in [1.165, 1.54) is 16.0 Å². The second-order valence-electron chi connectivity index (χ2n) is 8.35. The first kappa shape index (κ1) is 22.4. The van der Waals surface area contributed by atoms with Crippen LogP contribution in [0.2, 0.25) is 0 Å². The molecular weight excluding hydrogens is 458 g/mol. The monoisotopic (exact) mass is 478 g/mol. The van der Waals surface area contributed by atoms with Crippen LogP contribution >= 0.6 is 0 Å². The van der Waals surface area contributed by atoms with E-state index in [9.17, 15) is 13.6 Å². The molecule has 3 aromatic rings. The summed E-state index contributed by atoms with van der Waals surface area (Å²) in [5.74, 6) is -1.17. The first-order chi connectivity index (χ1) is 16.8. The summed E-state index contributed by atoms with van der Waals surface area (Å²) >= 11 is 0. The molecule has 10 nitrogen and oxygen atoms in total. The van der Waals surface area contributed by atoms with Crippen LogP contribution in [0.15, 0.2) is 35.7 Å². The van der Waals surface area contributed by atoms with Crippen LogP contribution in [0.5, 0.6) is 5.88 Å². The maximum atomic E-state index is 14.3. The van der Waals surface area contributed by atoms with Gasteiger partial charge >= 0.3 is 6.03 Å². The molecular formula is C23H20F2N8O2. The predicted octanol–water partition coefficient (Wildman–Crippen LogP) is 2.95. The first-order valence-electron chi connectivity index (χ1n) is 10.8. The number of amides is 2. The van der Waals surface area contributed by atoms with Gasteiger partial charge in [0.1, 0.15) is 17.6 Å². The summed E-state index contributed by atoms with van der Waals surface area (Å²) in [4.78, 5) is 22.8. The Hall–Kier alpha value is -4.40. The maximum Gasteiger partial charge on any atom is 0.341 e. The number of halogens is 2. The molecule has 1 fully saturated rings. The summed E-state index contributed by atoms with van der Waals surface area (Å²) in [7, 11) is 1.74. The second kappa shape index (κ2) is 8.75. The minimum absolute atomic E-state index is 0.171. The summed E-state index contributed by atoms with van der Waals surface area (Å²) in [6.07, 6.45) is 4.22. The predicted molar refractivity (Wildman–Crippen MR) is 119 cm³/mol. The number of nitriles is 1. The highest BCUT2D eigenvalue weighted by Gasteiger charge is 2.39. The molecule has 4 heterocycles. The van der Waals surface area contributed by atoms with Crippen molar-refractivity contribution in [2.75, 3.05) is 13.1 Å². The molecule has 35 heavy (non-hydrogen) atoms. The molecule has 1 aromatic carbocycles. The number of benzene rings is 1. The zero-order chi connectivity index (χ0) is 24.7. The molecule has 2 aromatic heterocycles. The summed E-state index contributed by atoms with van der Waals surface area (Å²) < 4.78 is 35.6. The van der Waals surface area contributed by atoms with Gasteiger partial charge in [0, 0.05) is 19.7 Å². The fraction of sp³-hybridized carbons (Fsp3) is 0.304. The third kappa shape index (κ3) is 4.16. The molecule has 12 heteroatoms. The molecule has 1 atom stereocenters. The Morgan fingerprint density at radius 3 is 2.74 bits per heavy atom. The number of likely N-dealkylation sites (tertiary alicyclic amines) is 1. The van der Waals surface area contributed by atoms with Gasteiger partial charge in [-0.05, 0) is 36.2 Å². The Morgan fingerprint density at radius 2 is 2.03 bits per heavy atom. The molecule has 2 amide bonds. The van der Waals surface area contributed by atoms with Crippen LogP contribution in [0.25, 0.3) is 11.5 Å². The van der Waals surface area contributed by atoms with E-state index in [-0.39, 0.29) is 36.4 Å². The molecule has 178 valence electrons. The first-order valence-corrected chi connectivity index (χ1v) is 10.8. The lowest BCUT2D eigenvalue weighted by Gasteiger charge is -2.40. The van der Waals surface area contributed by atoms with Crippen molar-refractivity contribution >= 4 is 12.2 Å². The second-order valence-corrected chi connectivity index (χ2v) is 8.35. The molecule has 0 bridgehead atoms. The molecule has 0 aliphatic carbocycles. The number of hydrazone groups is 1. The number of urea groups is 1. The van der Waals surface area contributed by atoms with E-state index in [0.29, 0.717) is 17.7 Å². The van der Waals surface area contributed by atoms with Gasteiger partial charge in [0.2, 0.25) is 5.82 Å². The number of carbonyl (C=O) groups is 1. The Bertz CT molecular complexity index is 1360. The molecule has 0 saturated carbocycles. The fourth-order valence-corrected chi connectivity index (χ4v) is 4.13. The van der Waals surface area contributed by atoms with Crippen LogP contribution in [-0.4, -0.2) is 61.1 Å². The van der Waals surface area contributed by atoms with Crippen LogP contribution in [0, 0.1) is 29.9 Å². The molecule has 0 unspecified atom stereocenters. The van der Waals surface area contributed by atoms with Crippen molar-refractivity contribution in [3.63, 3.8) is 0 Å². The van der Waals surface area contributed by atoms with Gasteiger partial charge in [-0.1, -0.05) is 0 Å². The standard InChI is InChI=1S/C23H20F2N8O2/c1-13-9-29-31(2)20(13)21-27-10-18(25)22(30-21)35-17-11-32(12-17)23(34)33-19(3-4-28-33)15-5-14(8-26)6-16(24)7-15/h4-7,9-10,17,19H,3,11-12H2,1-2H3/t19-/m0/s1. The zero-order valence-corrected chi connectivity index (χ0v) is 18.9. The van der Waals surface area contributed by atoms with E-state index in [0.717, 1.165) is 17.8 Å². The van der Waals surface area contributed by atoms with Crippen LogP contribution in [0.4, 0.5) is 13.6 Å². The number of aromatic nitrogens is 4. The van der Waals surface area contributed by atoms with E-state index in [4.69, 9.17) is 10.00 Å². The Kier molecular flexibility index (Phi) is 5.60. The van der Waals surface area contributed by atoms with Crippen LogP contribution in [-0.2, 0) is 7.05 Å². The van der Waals surface area contributed by atoms with Crippen molar-refractivity contribution in [2.24, 2.45) is 12.1 Å².